The molecule has 1 heterocycles. The predicted molar refractivity (Wildman–Crippen MR) is 108 cm³/mol. The van der Waals surface area contributed by atoms with Gasteiger partial charge in [-0.2, -0.15) is 0 Å². The van der Waals surface area contributed by atoms with E-state index >= 15 is 0 Å². The number of nitrogens with zero attached hydrogens (tertiary/aromatic N) is 1. The molecule has 2 aromatic rings. The molecule has 0 bridgehead atoms. The Morgan fingerprint density at radius 1 is 1.18 bits per heavy atom. The first-order valence-electron chi connectivity index (χ1n) is 9.51. The summed E-state index contributed by atoms with van der Waals surface area (Å²) in [6.07, 6.45) is 3.73. The van der Waals surface area contributed by atoms with E-state index in [-0.39, 0.29) is 16.7 Å². The van der Waals surface area contributed by atoms with E-state index in [1.807, 2.05) is 11.0 Å². The predicted octanol–water partition coefficient (Wildman–Crippen LogP) is 3.49. The number of ether oxygens (including phenoxy) is 1. The lowest BCUT2D eigenvalue weighted by Gasteiger charge is -2.30. The molecule has 6 nitrogen and oxygen atoms in total. The van der Waals surface area contributed by atoms with Crippen LogP contribution in [0.25, 0.3) is 0 Å². The van der Waals surface area contributed by atoms with Crippen LogP contribution in [0.4, 0.5) is 11.4 Å². The summed E-state index contributed by atoms with van der Waals surface area (Å²) >= 11 is 0. The molecule has 4 rings (SSSR count). The van der Waals surface area contributed by atoms with Gasteiger partial charge in [0.05, 0.1) is 17.7 Å². The van der Waals surface area contributed by atoms with Gasteiger partial charge in [0, 0.05) is 18.2 Å². The molecule has 1 saturated carbocycles. The van der Waals surface area contributed by atoms with E-state index < -0.39 is 10.0 Å². The molecule has 148 valence electrons. The minimum absolute atomic E-state index is 0.133. The van der Waals surface area contributed by atoms with Gasteiger partial charge in [0.25, 0.3) is 10.0 Å². The van der Waals surface area contributed by atoms with Gasteiger partial charge in [-0.1, -0.05) is 6.07 Å². The molecule has 2 aromatic carbocycles. The molecule has 28 heavy (non-hydrogen) atoms. The number of benzene rings is 2. The monoisotopic (exact) mass is 400 g/mol. The first-order chi connectivity index (χ1) is 13.4. The summed E-state index contributed by atoms with van der Waals surface area (Å²) in [5, 5.41) is 0. The van der Waals surface area contributed by atoms with Crippen LogP contribution < -0.4 is 14.4 Å². The number of hydrogen-bond donors (Lipinski definition) is 1. The summed E-state index contributed by atoms with van der Waals surface area (Å²) in [5.41, 5.74) is 3.12. The van der Waals surface area contributed by atoms with Gasteiger partial charge in [0.2, 0.25) is 5.91 Å². The van der Waals surface area contributed by atoms with Gasteiger partial charge in [0.15, 0.2) is 0 Å². The number of sulfonamides is 1. The average Bonchev–Trinajstić information content (AvgIpc) is 3.52. The lowest BCUT2D eigenvalue weighted by atomic mass is 10.0. The maximum absolute atomic E-state index is 12.8. The number of rotatable bonds is 5. The summed E-state index contributed by atoms with van der Waals surface area (Å²) in [6, 6.07) is 10.2. The van der Waals surface area contributed by atoms with Crippen molar-refractivity contribution in [1.82, 2.24) is 0 Å². The molecule has 2 aliphatic rings. The number of methoxy groups -OCH3 is 1. The van der Waals surface area contributed by atoms with E-state index in [9.17, 15) is 13.2 Å². The minimum Gasteiger partial charge on any atom is -0.496 e. The molecule has 0 aromatic heterocycles. The Kier molecular flexibility index (Phi) is 4.79. The third kappa shape index (κ3) is 3.58. The highest BCUT2D eigenvalue weighted by atomic mass is 32.2. The van der Waals surface area contributed by atoms with Crippen molar-refractivity contribution >= 4 is 27.3 Å². The van der Waals surface area contributed by atoms with Crippen LogP contribution in [-0.2, 0) is 21.2 Å². The van der Waals surface area contributed by atoms with E-state index in [4.69, 9.17) is 4.74 Å². The van der Waals surface area contributed by atoms with E-state index in [1.54, 1.807) is 38.3 Å². The van der Waals surface area contributed by atoms with Crippen molar-refractivity contribution in [3.05, 3.63) is 47.5 Å². The topological polar surface area (TPSA) is 75.7 Å². The van der Waals surface area contributed by atoms with Gasteiger partial charge in [-0.05, 0) is 74.1 Å². The minimum atomic E-state index is -3.74. The molecule has 0 unspecified atom stereocenters. The summed E-state index contributed by atoms with van der Waals surface area (Å²) in [5.74, 6) is 0.933. The maximum Gasteiger partial charge on any atom is 0.261 e. The lowest BCUT2D eigenvalue weighted by molar-refractivity contribution is -0.119. The summed E-state index contributed by atoms with van der Waals surface area (Å²) in [4.78, 5) is 14.6. The lowest BCUT2D eigenvalue weighted by Crippen LogP contribution is -2.36. The highest BCUT2D eigenvalue weighted by Gasteiger charge is 2.35. The molecule has 0 atom stereocenters. The SMILES string of the molecule is COc1ccc(S(=O)(=O)Nc2ccc3c(c2)N(C(=O)C2CC2)CCC3)cc1C. The third-order valence-electron chi connectivity index (χ3n) is 5.33. The number of fused-ring (bicyclic) bond motifs is 1. The molecule has 1 N–H and O–H groups in total. The van der Waals surface area contributed by atoms with E-state index in [0.717, 1.165) is 42.5 Å². The van der Waals surface area contributed by atoms with Crippen molar-refractivity contribution in [2.45, 2.75) is 37.5 Å². The zero-order valence-electron chi connectivity index (χ0n) is 16.1. The second kappa shape index (κ2) is 7.13. The van der Waals surface area contributed by atoms with E-state index in [2.05, 4.69) is 4.72 Å². The van der Waals surface area contributed by atoms with Crippen LogP contribution in [0.3, 0.4) is 0 Å². The fraction of sp³-hybridized carbons (Fsp3) is 0.381. The fourth-order valence-electron chi connectivity index (χ4n) is 3.65. The van der Waals surface area contributed by atoms with Crippen molar-refractivity contribution in [3.8, 4) is 5.75 Å². The number of amides is 1. The first kappa shape index (κ1) is 18.8. The summed E-state index contributed by atoms with van der Waals surface area (Å²) < 4.78 is 33.5. The Balaban J connectivity index is 1.62. The van der Waals surface area contributed by atoms with Crippen molar-refractivity contribution in [2.24, 2.45) is 5.92 Å². The fourth-order valence-corrected chi connectivity index (χ4v) is 4.78. The largest absolute Gasteiger partial charge is 0.496 e. The van der Waals surface area contributed by atoms with Gasteiger partial charge in [-0.25, -0.2) is 8.42 Å². The summed E-state index contributed by atoms with van der Waals surface area (Å²) in [7, 11) is -2.19. The zero-order chi connectivity index (χ0) is 19.9. The van der Waals surface area contributed by atoms with Crippen LogP contribution in [-0.4, -0.2) is 28.0 Å². The highest BCUT2D eigenvalue weighted by Crippen LogP contribution is 2.37. The standard InChI is InChI=1S/C21H24N2O4S/c1-14-12-18(9-10-20(14)27-2)28(25,26)22-17-8-7-15-4-3-11-23(19(15)13-17)21(24)16-5-6-16/h7-10,12-13,16,22H,3-6,11H2,1-2H3. The second-order valence-corrected chi connectivity index (χ2v) is 9.13. The highest BCUT2D eigenvalue weighted by molar-refractivity contribution is 7.92. The molecular formula is C21H24N2O4S. The van der Waals surface area contributed by atoms with Gasteiger partial charge >= 0.3 is 0 Å². The smallest absolute Gasteiger partial charge is 0.261 e. The normalized spacial score (nSPS) is 16.4. The zero-order valence-corrected chi connectivity index (χ0v) is 16.9. The molecule has 0 radical (unpaired) electrons. The van der Waals surface area contributed by atoms with Crippen LogP contribution in [0.1, 0.15) is 30.4 Å². The number of carbonyl (C=O) groups excluding carboxylic acids is 1. The Labute approximate surface area is 165 Å². The number of anilines is 2. The van der Waals surface area contributed by atoms with Gasteiger partial charge in [-0.3, -0.25) is 9.52 Å². The second-order valence-electron chi connectivity index (χ2n) is 7.45. The molecule has 1 fully saturated rings. The van der Waals surface area contributed by atoms with Crippen LogP contribution in [0.2, 0.25) is 0 Å². The Bertz CT molecular complexity index is 1030. The molecule has 0 spiro atoms. The van der Waals surface area contributed by atoms with Crippen molar-refractivity contribution in [1.29, 1.82) is 0 Å². The first-order valence-corrected chi connectivity index (χ1v) is 11.0. The van der Waals surface area contributed by atoms with Gasteiger partial charge in [-0.15, -0.1) is 0 Å². The van der Waals surface area contributed by atoms with E-state index in [1.165, 1.54) is 6.07 Å². The Hall–Kier alpha value is -2.54. The van der Waals surface area contributed by atoms with Crippen molar-refractivity contribution < 1.29 is 17.9 Å². The van der Waals surface area contributed by atoms with Gasteiger partial charge < -0.3 is 9.64 Å². The maximum atomic E-state index is 12.8. The molecule has 1 aliphatic heterocycles. The van der Waals surface area contributed by atoms with E-state index in [0.29, 0.717) is 18.0 Å². The van der Waals surface area contributed by atoms with Crippen LogP contribution >= 0.6 is 0 Å². The van der Waals surface area contributed by atoms with Crippen LogP contribution in [0.15, 0.2) is 41.3 Å². The van der Waals surface area contributed by atoms with Crippen molar-refractivity contribution in [2.75, 3.05) is 23.3 Å². The molecule has 1 amide bonds. The average molecular weight is 401 g/mol. The summed E-state index contributed by atoms with van der Waals surface area (Å²) in [6.45, 7) is 2.49. The number of carbonyl (C=O) groups is 1. The molecule has 7 heteroatoms. The van der Waals surface area contributed by atoms with Gasteiger partial charge in [0.1, 0.15) is 5.75 Å². The third-order valence-corrected chi connectivity index (χ3v) is 6.70. The number of nitrogens with one attached hydrogen (secondary N) is 1. The Morgan fingerprint density at radius 2 is 1.96 bits per heavy atom. The molecule has 1 aliphatic carbocycles. The van der Waals surface area contributed by atoms with Crippen LogP contribution in [0.5, 0.6) is 5.75 Å². The quantitative estimate of drug-likeness (QED) is 0.834. The Morgan fingerprint density at radius 3 is 2.64 bits per heavy atom. The van der Waals surface area contributed by atoms with Crippen LogP contribution in [0, 0.1) is 12.8 Å². The molecule has 0 saturated heterocycles. The molecular weight excluding hydrogens is 376 g/mol. The number of aryl methyl sites for hydroxylation is 2. The number of hydrogen-bond acceptors (Lipinski definition) is 4. The van der Waals surface area contributed by atoms with Crippen molar-refractivity contribution in [3.63, 3.8) is 0 Å².